The number of pyridine rings is 2. The summed E-state index contributed by atoms with van der Waals surface area (Å²) in [5.74, 6) is 1.05. The molecule has 1 aliphatic rings. The van der Waals surface area contributed by atoms with Gasteiger partial charge in [0.1, 0.15) is 11.5 Å². The van der Waals surface area contributed by atoms with Crippen LogP contribution in [-0.2, 0) is 7.05 Å². The molecule has 0 spiro atoms. The van der Waals surface area contributed by atoms with E-state index in [4.69, 9.17) is 0 Å². The average molecular weight is 321 g/mol. The molecule has 0 saturated carbocycles. The first kappa shape index (κ1) is 14.7. The second kappa shape index (κ2) is 5.96. The molecule has 4 rings (SSSR count). The highest BCUT2D eigenvalue weighted by atomic mass is 16.2. The van der Waals surface area contributed by atoms with Crippen LogP contribution in [0.1, 0.15) is 10.4 Å². The van der Waals surface area contributed by atoms with E-state index in [1.165, 1.54) is 0 Å². The maximum Gasteiger partial charge on any atom is 0.256 e. The van der Waals surface area contributed by atoms with E-state index in [9.17, 15) is 4.79 Å². The normalized spacial score (nSPS) is 15.0. The predicted molar refractivity (Wildman–Crippen MR) is 93.1 cm³/mol. The number of anilines is 1. The van der Waals surface area contributed by atoms with Crippen molar-refractivity contribution in [2.24, 2.45) is 7.05 Å². The van der Waals surface area contributed by atoms with Gasteiger partial charge in [-0.2, -0.15) is 0 Å². The summed E-state index contributed by atoms with van der Waals surface area (Å²) in [4.78, 5) is 25.8. The molecule has 4 heterocycles. The summed E-state index contributed by atoms with van der Waals surface area (Å²) in [6.07, 6.45) is 5.43. The Hall–Kier alpha value is -2.89. The lowest BCUT2D eigenvalue weighted by molar-refractivity contribution is 0.0748. The standard InChI is InChI=1S/C18H19N5O/c1-21-13-15(14-5-4-8-20-17(14)21)18(24)23-11-9-22(10-12-23)16-6-2-3-7-19-16/h2-8,13H,9-12H2,1H3. The smallest absolute Gasteiger partial charge is 0.256 e. The Morgan fingerprint density at radius 2 is 1.79 bits per heavy atom. The summed E-state index contributed by atoms with van der Waals surface area (Å²) < 4.78 is 1.91. The number of aromatic nitrogens is 3. The maximum atomic E-state index is 12.9. The zero-order valence-corrected chi connectivity index (χ0v) is 13.6. The van der Waals surface area contributed by atoms with Crippen LogP contribution in [0.25, 0.3) is 11.0 Å². The molecule has 0 N–H and O–H groups in total. The highest BCUT2D eigenvalue weighted by Gasteiger charge is 2.25. The number of amides is 1. The zero-order valence-electron chi connectivity index (χ0n) is 13.6. The van der Waals surface area contributed by atoms with Crippen LogP contribution in [0.4, 0.5) is 5.82 Å². The molecule has 0 radical (unpaired) electrons. The van der Waals surface area contributed by atoms with Gasteiger partial charge in [0.2, 0.25) is 0 Å². The van der Waals surface area contributed by atoms with Crippen molar-refractivity contribution in [3.63, 3.8) is 0 Å². The molecule has 0 atom stereocenters. The summed E-state index contributed by atoms with van der Waals surface area (Å²) in [5.41, 5.74) is 1.57. The summed E-state index contributed by atoms with van der Waals surface area (Å²) in [7, 11) is 1.92. The third-order valence-electron chi connectivity index (χ3n) is 4.50. The first-order valence-electron chi connectivity index (χ1n) is 8.09. The second-order valence-electron chi connectivity index (χ2n) is 6.00. The molecule has 6 nitrogen and oxygen atoms in total. The van der Waals surface area contributed by atoms with Crippen molar-refractivity contribution >= 4 is 22.8 Å². The van der Waals surface area contributed by atoms with E-state index >= 15 is 0 Å². The quantitative estimate of drug-likeness (QED) is 0.724. The van der Waals surface area contributed by atoms with Crippen LogP contribution in [0.5, 0.6) is 0 Å². The van der Waals surface area contributed by atoms with Gasteiger partial charge in [-0.25, -0.2) is 9.97 Å². The monoisotopic (exact) mass is 321 g/mol. The fraction of sp³-hybridized carbons (Fsp3) is 0.278. The van der Waals surface area contributed by atoms with Gasteiger partial charge in [0, 0.05) is 57.2 Å². The Morgan fingerprint density at radius 1 is 1.00 bits per heavy atom. The number of rotatable bonds is 2. The largest absolute Gasteiger partial charge is 0.353 e. The molecule has 0 unspecified atom stereocenters. The number of carbonyl (C=O) groups excluding carboxylic acids is 1. The van der Waals surface area contributed by atoms with Gasteiger partial charge in [-0.15, -0.1) is 0 Å². The summed E-state index contributed by atoms with van der Waals surface area (Å²) >= 11 is 0. The van der Waals surface area contributed by atoms with Gasteiger partial charge in [-0.1, -0.05) is 6.07 Å². The van der Waals surface area contributed by atoms with Crippen molar-refractivity contribution in [1.29, 1.82) is 0 Å². The van der Waals surface area contributed by atoms with Crippen LogP contribution < -0.4 is 4.90 Å². The van der Waals surface area contributed by atoms with E-state index in [0.717, 1.165) is 35.5 Å². The molecule has 122 valence electrons. The van der Waals surface area contributed by atoms with Gasteiger partial charge < -0.3 is 14.4 Å². The molecule has 1 amide bonds. The maximum absolute atomic E-state index is 12.9. The molecular formula is C18H19N5O. The highest BCUT2D eigenvalue weighted by Crippen LogP contribution is 2.21. The molecule has 1 saturated heterocycles. The molecular weight excluding hydrogens is 302 g/mol. The Kier molecular flexibility index (Phi) is 3.65. The van der Waals surface area contributed by atoms with E-state index in [-0.39, 0.29) is 5.91 Å². The Labute approximate surface area is 140 Å². The number of nitrogens with zero attached hydrogens (tertiary/aromatic N) is 5. The molecule has 0 aromatic carbocycles. The van der Waals surface area contributed by atoms with E-state index in [1.54, 1.807) is 12.4 Å². The van der Waals surface area contributed by atoms with Crippen LogP contribution in [0, 0.1) is 0 Å². The van der Waals surface area contributed by atoms with Gasteiger partial charge in [-0.3, -0.25) is 4.79 Å². The topological polar surface area (TPSA) is 54.3 Å². The second-order valence-corrected chi connectivity index (χ2v) is 6.00. The number of aryl methyl sites for hydroxylation is 1. The van der Waals surface area contributed by atoms with Gasteiger partial charge in [0.15, 0.2) is 0 Å². The van der Waals surface area contributed by atoms with E-state index in [1.807, 2.05) is 53.0 Å². The van der Waals surface area contributed by atoms with Crippen LogP contribution in [-0.4, -0.2) is 51.5 Å². The minimum absolute atomic E-state index is 0.0780. The van der Waals surface area contributed by atoms with Crippen LogP contribution in [0.15, 0.2) is 48.9 Å². The summed E-state index contributed by atoms with van der Waals surface area (Å²) in [6, 6.07) is 9.74. The van der Waals surface area contributed by atoms with E-state index < -0.39 is 0 Å². The lowest BCUT2D eigenvalue weighted by atomic mass is 10.2. The number of piperazine rings is 1. The van der Waals surface area contributed by atoms with E-state index in [2.05, 4.69) is 14.9 Å². The molecule has 1 aliphatic heterocycles. The van der Waals surface area contributed by atoms with Crippen molar-refractivity contribution in [1.82, 2.24) is 19.4 Å². The minimum atomic E-state index is 0.0780. The number of carbonyl (C=O) groups is 1. The molecule has 6 heteroatoms. The SMILES string of the molecule is Cn1cc(C(=O)N2CCN(c3ccccn3)CC2)c2cccnc21. The molecule has 0 aliphatic carbocycles. The van der Waals surface area contributed by atoms with Gasteiger partial charge in [0.05, 0.1) is 5.56 Å². The fourth-order valence-electron chi connectivity index (χ4n) is 3.23. The molecule has 3 aromatic rings. The third kappa shape index (κ3) is 2.50. The van der Waals surface area contributed by atoms with Crippen molar-refractivity contribution in [2.45, 2.75) is 0 Å². The van der Waals surface area contributed by atoms with Crippen LogP contribution in [0.3, 0.4) is 0 Å². The summed E-state index contributed by atoms with van der Waals surface area (Å²) in [5, 5.41) is 0.914. The first-order chi connectivity index (χ1) is 11.7. The number of fused-ring (bicyclic) bond motifs is 1. The zero-order chi connectivity index (χ0) is 16.5. The Bertz CT molecular complexity index is 866. The van der Waals surface area contributed by atoms with Crippen LogP contribution in [0.2, 0.25) is 0 Å². The van der Waals surface area contributed by atoms with Crippen LogP contribution >= 0.6 is 0 Å². The molecule has 3 aromatic heterocycles. The van der Waals surface area contributed by atoms with Gasteiger partial charge in [0.25, 0.3) is 5.91 Å². The van der Waals surface area contributed by atoms with Crippen molar-refractivity contribution < 1.29 is 4.79 Å². The molecule has 1 fully saturated rings. The number of hydrogen-bond donors (Lipinski definition) is 0. The van der Waals surface area contributed by atoms with Crippen molar-refractivity contribution in [3.8, 4) is 0 Å². The first-order valence-corrected chi connectivity index (χ1v) is 8.09. The highest BCUT2D eigenvalue weighted by molar-refractivity contribution is 6.06. The Morgan fingerprint density at radius 3 is 2.54 bits per heavy atom. The Balaban J connectivity index is 1.52. The molecule has 0 bridgehead atoms. The fourth-order valence-corrected chi connectivity index (χ4v) is 3.23. The minimum Gasteiger partial charge on any atom is -0.353 e. The van der Waals surface area contributed by atoms with Crippen molar-refractivity contribution in [3.05, 3.63) is 54.5 Å². The van der Waals surface area contributed by atoms with Gasteiger partial charge >= 0.3 is 0 Å². The summed E-state index contributed by atoms with van der Waals surface area (Å²) in [6.45, 7) is 3.00. The number of hydrogen-bond acceptors (Lipinski definition) is 4. The molecule has 24 heavy (non-hydrogen) atoms. The van der Waals surface area contributed by atoms with Gasteiger partial charge in [-0.05, 0) is 24.3 Å². The average Bonchev–Trinajstić information content (AvgIpc) is 2.99. The van der Waals surface area contributed by atoms with E-state index in [0.29, 0.717) is 13.1 Å². The van der Waals surface area contributed by atoms with Crippen molar-refractivity contribution in [2.75, 3.05) is 31.1 Å². The predicted octanol–water partition coefficient (Wildman–Crippen LogP) is 1.93. The lowest BCUT2D eigenvalue weighted by Gasteiger charge is -2.35. The lowest BCUT2D eigenvalue weighted by Crippen LogP contribution is -2.49. The third-order valence-corrected chi connectivity index (χ3v) is 4.50.